The molecule has 0 amide bonds. The molecule has 1 aliphatic rings. The van der Waals surface area contributed by atoms with Gasteiger partial charge in [-0.2, -0.15) is 5.26 Å². The lowest BCUT2D eigenvalue weighted by Crippen LogP contribution is -2.26. The third-order valence-electron chi connectivity index (χ3n) is 4.59. The summed E-state index contributed by atoms with van der Waals surface area (Å²) in [6, 6.07) is 5.32. The van der Waals surface area contributed by atoms with E-state index in [4.69, 9.17) is 29.4 Å². The molecule has 10 heteroatoms. The number of esters is 2. The lowest BCUT2D eigenvalue weighted by molar-refractivity contribution is -0.148. The Morgan fingerprint density at radius 1 is 1.31 bits per heavy atom. The number of benzene rings is 1. The number of allylic oxidation sites excluding steroid dienone is 2. The quantitative estimate of drug-likeness (QED) is 0.524. The van der Waals surface area contributed by atoms with Gasteiger partial charge in [-0.1, -0.05) is 0 Å². The second kappa shape index (κ2) is 10.9. The summed E-state index contributed by atoms with van der Waals surface area (Å²) in [5.41, 5.74) is 6.69. The monoisotopic (exact) mass is 508 g/mol. The van der Waals surface area contributed by atoms with Crippen LogP contribution in [0.25, 0.3) is 0 Å². The second-order valence-corrected chi connectivity index (χ2v) is 7.52. The highest BCUT2D eigenvalue weighted by atomic mass is 79.9. The number of nitriles is 1. The van der Waals surface area contributed by atoms with Crippen LogP contribution in [0, 0.1) is 11.3 Å². The Morgan fingerprint density at radius 3 is 2.56 bits per heavy atom. The van der Waals surface area contributed by atoms with Gasteiger partial charge in [-0.3, -0.25) is 0 Å². The number of ether oxygens (including phenoxy) is 5. The van der Waals surface area contributed by atoms with Gasteiger partial charge in [0.1, 0.15) is 17.4 Å². The Labute approximate surface area is 194 Å². The molecule has 0 fully saturated rings. The summed E-state index contributed by atoms with van der Waals surface area (Å²) in [5, 5.41) is 9.75. The maximum atomic E-state index is 12.7. The summed E-state index contributed by atoms with van der Waals surface area (Å²) < 4.78 is 27.3. The van der Waals surface area contributed by atoms with Crippen molar-refractivity contribution in [1.82, 2.24) is 0 Å². The fourth-order valence-electron chi connectivity index (χ4n) is 3.21. The summed E-state index contributed by atoms with van der Waals surface area (Å²) in [6.07, 6.45) is -0.896. The molecule has 2 unspecified atom stereocenters. The van der Waals surface area contributed by atoms with Crippen LogP contribution in [0.15, 0.2) is 39.4 Å². The van der Waals surface area contributed by atoms with E-state index >= 15 is 0 Å². The van der Waals surface area contributed by atoms with Crippen LogP contribution in [0.1, 0.15) is 39.2 Å². The number of halogens is 1. The Balaban J connectivity index is 2.67. The predicted molar refractivity (Wildman–Crippen MR) is 117 cm³/mol. The predicted octanol–water partition coefficient (Wildman–Crippen LogP) is 3.43. The molecule has 0 saturated heterocycles. The van der Waals surface area contributed by atoms with Crippen molar-refractivity contribution in [2.45, 2.75) is 39.7 Å². The van der Waals surface area contributed by atoms with E-state index in [1.807, 2.05) is 6.07 Å². The third-order valence-corrected chi connectivity index (χ3v) is 5.18. The number of nitrogens with two attached hydrogens (primary N) is 1. The molecule has 0 radical (unpaired) electrons. The fourth-order valence-corrected chi connectivity index (χ4v) is 3.76. The van der Waals surface area contributed by atoms with Crippen LogP contribution in [-0.4, -0.2) is 38.4 Å². The largest absolute Gasteiger partial charge is 0.490 e. The number of rotatable bonds is 8. The fraction of sp³-hybridized carbons (Fsp3) is 0.409. The van der Waals surface area contributed by atoms with E-state index in [0.29, 0.717) is 22.4 Å². The topological polar surface area (TPSA) is 130 Å². The average molecular weight is 509 g/mol. The van der Waals surface area contributed by atoms with E-state index in [0.717, 1.165) is 0 Å². The number of carbonyl (C=O) groups excluding carboxylic acids is 2. The third kappa shape index (κ3) is 5.16. The number of nitrogens with zero attached hydrogens (tertiary/aromatic N) is 1. The molecule has 0 saturated carbocycles. The Bertz CT molecular complexity index is 1010. The van der Waals surface area contributed by atoms with Gasteiger partial charge in [-0.25, -0.2) is 9.59 Å². The van der Waals surface area contributed by atoms with Gasteiger partial charge in [-0.15, -0.1) is 0 Å². The highest BCUT2D eigenvalue weighted by Crippen LogP contribution is 2.45. The molecule has 1 aromatic rings. The van der Waals surface area contributed by atoms with Crippen molar-refractivity contribution < 1.29 is 33.3 Å². The normalized spacial score (nSPS) is 16.6. The molecule has 9 nitrogen and oxygen atoms in total. The number of methoxy groups -OCH3 is 1. The SMILES string of the molecule is CCOC(=O)C1=C(C)OC(N)=C(C#N)C1c1cc(Br)c(OC(C)C(=O)OC)c(OCC)c1. The zero-order valence-corrected chi connectivity index (χ0v) is 20.1. The van der Waals surface area contributed by atoms with Crippen LogP contribution in [0.2, 0.25) is 0 Å². The highest BCUT2D eigenvalue weighted by molar-refractivity contribution is 9.10. The van der Waals surface area contributed by atoms with Gasteiger partial charge in [0, 0.05) is 0 Å². The number of hydrogen-bond acceptors (Lipinski definition) is 9. The van der Waals surface area contributed by atoms with Crippen molar-refractivity contribution in [3.63, 3.8) is 0 Å². The van der Waals surface area contributed by atoms with Crippen molar-refractivity contribution >= 4 is 27.9 Å². The summed E-state index contributed by atoms with van der Waals surface area (Å²) in [4.78, 5) is 24.5. The van der Waals surface area contributed by atoms with Crippen LogP contribution >= 0.6 is 15.9 Å². The van der Waals surface area contributed by atoms with Crippen LogP contribution in [0.4, 0.5) is 0 Å². The molecule has 0 aliphatic carbocycles. The first kappa shape index (κ1) is 25.1. The summed E-state index contributed by atoms with van der Waals surface area (Å²) in [6.45, 7) is 7.04. The molecule has 2 atom stereocenters. The summed E-state index contributed by atoms with van der Waals surface area (Å²) in [5.74, 6) is -1.32. The molecule has 0 aromatic heterocycles. The van der Waals surface area contributed by atoms with Gasteiger partial charge < -0.3 is 29.4 Å². The molecule has 2 rings (SSSR count). The molecule has 1 aliphatic heterocycles. The molecular formula is C22H25BrN2O7. The Morgan fingerprint density at radius 2 is 2.00 bits per heavy atom. The van der Waals surface area contributed by atoms with Crippen LogP contribution < -0.4 is 15.2 Å². The number of hydrogen-bond donors (Lipinski definition) is 1. The first-order valence-electron chi connectivity index (χ1n) is 9.86. The van der Waals surface area contributed by atoms with Gasteiger partial charge in [-0.05, 0) is 61.3 Å². The molecule has 172 valence electrons. The van der Waals surface area contributed by atoms with Crippen molar-refractivity contribution in [1.29, 1.82) is 5.26 Å². The Hall–Kier alpha value is -3.19. The standard InChI is InChI=1S/C22H25BrN2O7/c1-6-29-16-9-13(8-15(23)19(16)31-12(4)21(26)28-5)18-14(10-24)20(25)32-11(3)17(18)22(27)30-7-2/h8-9,12,18H,6-7,25H2,1-5H3. The second-order valence-electron chi connectivity index (χ2n) is 6.66. The summed E-state index contributed by atoms with van der Waals surface area (Å²) in [7, 11) is 1.26. The van der Waals surface area contributed by atoms with E-state index in [1.165, 1.54) is 7.11 Å². The molecule has 32 heavy (non-hydrogen) atoms. The van der Waals surface area contributed by atoms with E-state index in [2.05, 4.69) is 15.9 Å². The molecule has 0 bridgehead atoms. The van der Waals surface area contributed by atoms with E-state index in [-0.39, 0.29) is 35.1 Å². The highest BCUT2D eigenvalue weighted by Gasteiger charge is 2.37. The smallest absolute Gasteiger partial charge is 0.346 e. The summed E-state index contributed by atoms with van der Waals surface area (Å²) >= 11 is 3.44. The zero-order valence-electron chi connectivity index (χ0n) is 18.5. The van der Waals surface area contributed by atoms with Gasteiger partial charge in [0.15, 0.2) is 17.6 Å². The van der Waals surface area contributed by atoms with Gasteiger partial charge in [0.2, 0.25) is 5.88 Å². The van der Waals surface area contributed by atoms with Gasteiger partial charge >= 0.3 is 11.9 Å². The average Bonchev–Trinajstić information content (AvgIpc) is 2.74. The van der Waals surface area contributed by atoms with Crippen molar-refractivity contribution in [2.24, 2.45) is 5.73 Å². The van der Waals surface area contributed by atoms with E-state index in [1.54, 1.807) is 39.8 Å². The number of carbonyl (C=O) groups is 2. The van der Waals surface area contributed by atoms with E-state index in [9.17, 15) is 14.9 Å². The molecule has 0 spiro atoms. The minimum Gasteiger partial charge on any atom is -0.490 e. The Kier molecular flexibility index (Phi) is 8.55. The zero-order chi connectivity index (χ0) is 24.0. The first-order valence-corrected chi connectivity index (χ1v) is 10.6. The molecule has 2 N–H and O–H groups in total. The minimum absolute atomic E-state index is 0.0598. The lowest BCUT2D eigenvalue weighted by Gasteiger charge is -2.28. The van der Waals surface area contributed by atoms with Crippen molar-refractivity contribution in [3.8, 4) is 17.6 Å². The van der Waals surface area contributed by atoms with Crippen molar-refractivity contribution in [3.05, 3.63) is 45.0 Å². The molecule has 1 heterocycles. The van der Waals surface area contributed by atoms with Gasteiger partial charge in [0.25, 0.3) is 0 Å². The maximum absolute atomic E-state index is 12.7. The lowest BCUT2D eigenvalue weighted by atomic mass is 9.83. The van der Waals surface area contributed by atoms with Gasteiger partial charge in [0.05, 0.1) is 36.3 Å². The minimum atomic E-state index is -0.896. The maximum Gasteiger partial charge on any atom is 0.346 e. The molecule has 1 aromatic carbocycles. The first-order chi connectivity index (χ1) is 15.2. The van der Waals surface area contributed by atoms with Crippen LogP contribution in [-0.2, 0) is 23.8 Å². The van der Waals surface area contributed by atoms with Crippen LogP contribution in [0.5, 0.6) is 11.5 Å². The van der Waals surface area contributed by atoms with Crippen LogP contribution in [0.3, 0.4) is 0 Å². The molecular weight excluding hydrogens is 484 g/mol. The van der Waals surface area contributed by atoms with E-state index < -0.39 is 24.0 Å². The van der Waals surface area contributed by atoms with Crippen molar-refractivity contribution in [2.75, 3.05) is 20.3 Å².